The number of fused-ring (bicyclic) bond motifs is 1. The molecule has 29 heavy (non-hydrogen) atoms. The summed E-state index contributed by atoms with van der Waals surface area (Å²) in [5, 5.41) is 2.57. The Morgan fingerprint density at radius 3 is 2.31 bits per heavy atom. The van der Waals surface area contributed by atoms with Crippen molar-refractivity contribution in [2.24, 2.45) is 0 Å². The largest absolute Gasteiger partial charge is 0.454 e. The molecule has 152 valence electrons. The molecule has 1 aliphatic heterocycles. The highest BCUT2D eigenvalue weighted by Gasteiger charge is 2.18. The quantitative estimate of drug-likeness (QED) is 0.603. The van der Waals surface area contributed by atoms with E-state index in [9.17, 15) is 14.4 Å². The third-order valence-corrected chi connectivity index (χ3v) is 3.79. The number of hydrogen-bond acceptors (Lipinski definition) is 7. The van der Waals surface area contributed by atoms with Gasteiger partial charge in [0.25, 0.3) is 0 Å². The number of carbonyl (C=O) groups is 3. The summed E-state index contributed by atoms with van der Waals surface area (Å²) < 4.78 is 20.7. The first-order valence-electron chi connectivity index (χ1n) is 8.91. The van der Waals surface area contributed by atoms with Crippen LogP contribution in [0.2, 0.25) is 0 Å². The van der Waals surface area contributed by atoms with E-state index in [1.807, 2.05) is 0 Å². The normalized spacial score (nSPS) is 12.2. The second-order valence-electron chi connectivity index (χ2n) is 7.27. The third kappa shape index (κ3) is 5.47. The molecule has 0 radical (unpaired) electrons. The number of ether oxygens (including phenoxy) is 4. The first-order valence-corrected chi connectivity index (χ1v) is 8.91. The van der Waals surface area contributed by atoms with Gasteiger partial charge in [-0.15, -0.1) is 0 Å². The number of anilines is 1. The van der Waals surface area contributed by atoms with Crippen LogP contribution in [0.25, 0.3) is 0 Å². The molecule has 1 N–H and O–H groups in total. The summed E-state index contributed by atoms with van der Waals surface area (Å²) in [5.41, 5.74) is 0.461. The Labute approximate surface area is 167 Å². The fourth-order valence-electron chi connectivity index (χ4n) is 2.48. The minimum absolute atomic E-state index is 0.112. The zero-order valence-corrected chi connectivity index (χ0v) is 16.3. The van der Waals surface area contributed by atoms with E-state index in [1.54, 1.807) is 51.1 Å². The summed E-state index contributed by atoms with van der Waals surface area (Å²) in [6.45, 7) is 4.99. The Bertz CT molecular complexity index is 929. The van der Waals surface area contributed by atoms with E-state index in [1.165, 1.54) is 12.1 Å². The van der Waals surface area contributed by atoms with Crippen LogP contribution in [0.1, 0.15) is 41.5 Å². The van der Waals surface area contributed by atoms with Crippen LogP contribution in [-0.4, -0.2) is 36.8 Å². The molecular formula is C21H21NO7. The van der Waals surface area contributed by atoms with Crippen LogP contribution in [0.4, 0.5) is 10.5 Å². The van der Waals surface area contributed by atoms with Crippen LogP contribution in [0.5, 0.6) is 11.5 Å². The molecule has 1 aliphatic rings. The predicted molar refractivity (Wildman–Crippen MR) is 103 cm³/mol. The second-order valence-corrected chi connectivity index (χ2v) is 7.27. The van der Waals surface area contributed by atoms with Gasteiger partial charge in [-0.1, -0.05) is 0 Å². The third-order valence-electron chi connectivity index (χ3n) is 3.79. The first kappa shape index (κ1) is 20.2. The van der Waals surface area contributed by atoms with Crippen LogP contribution >= 0.6 is 0 Å². The molecule has 8 heteroatoms. The van der Waals surface area contributed by atoms with Crippen LogP contribution in [0.15, 0.2) is 42.5 Å². The topological polar surface area (TPSA) is 100 Å². The lowest BCUT2D eigenvalue weighted by Crippen LogP contribution is -2.27. The average Bonchev–Trinajstić information content (AvgIpc) is 3.12. The van der Waals surface area contributed by atoms with E-state index < -0.39 is 24.3 Å². The van der Waals surface area contributed by atoms with Crippen molar-refractivity contribution >= 4 is 23.5 Å². The molecule has 0 saturated carbocycles. The van der Waals surface area contributed by atoms with Crippen molar-refractivity contribution in [2.45, 2.75) is 26.4 Å². The van der Waals surface area contributed by atoms with Crippen molar-refractivity contribution in [3.8, 4) is 11.5 Å². The maximum atomic E-state index is 12.2. The van der Waals surface area contributed by atoms with Crippen molar-refractivity contribution in [3.05, 3.63) is 53.6 Å². The van der Waals surface area contributed by atoms with Gasteiger partial charge in [0.05, 0.1) is 5.56 Å². The fourth-order valence-corrected chi connectivity index (χ4v) is 2.48. The highest BCUT2D eigenvalue weighted by molar-refractivity contribution is 6.00. The van der Waals surface area contributed by atoms with E-state index in [0.29, 0.717) is 22.7 Å². The molecule has 2 aromatic carbocycles. The molecule has 0 atom stereocenters. The summed E-state index contributed by atoms with van der Waals surface area (Å²) in [5.74, 6) is 0.0386. The number of Topliss-reactive ketones (excluding diaryl/α,β-unsaturated/α-hetero) is 1. The number of nitrogens with one attached hydrogen (secondary N) is 1. The van der Waals surface area contributed by atoms with Gasteiger partial charge < -0.3 is 18.9 Å². The molecule has 1 heterocycles. The van der Waals surface area contributed by atoms with Crippen LogP contribution in [0.3, 0.4) is 0 Å². The predicted octanol–water partition coefficient (Wildman–Crippen LogP) is 3.80. The van der Waals surface area contributed by atoms with Gasteiger partial charge in [-0.3, -0.25) is 10.1 Å². The number of ketones is 1. The number of hydrogen-bond donors (Lipinski definition) is 1. The van der Waals surface area contributed by atoms with Gasteiger partial charge in [0.2, 0.25) is 6.79 Å². The number of amides is 1. The lowest BCUT2D eigenvalue weighted by Gasteiger charge is -2.19. The molecule has 0 spiro atoms. The monoisotopic (exact) mass is 399 g/mol. The molecular weight excluding hydrogens is 378 g/mol. The maximum absolute atomic E-state index is 12.2. The second kappa shape index (κ2) is 8.22. The van der Waals surface area contributed by atoms with Crippen LogP contribution in [0, 0.1) is 0 Å². The number of carbonyl (C=O) groups excluding carboxylic acids is 3. The van der Waals surface area contributed by atoms with Crippen molar-refractivity contribution in [1.82, 2.24) is 0 Å². The molecule has 1 amide bonds. The zero-order chi connectivity index (χ0) is 21.0. The van der Waals surface area contributed by atoms with Crippen LogP contribution < -0.4 is 14.8 Å². The molecule has 0 aromatic heterocycles. The van der Waals surface area contributed by atoms with Crippen LogP contribution in [-0.2, 0) is 9.47 Å². The Morgan fingerprint density at radius 2 is 1.62 bits per heavy atom. The standard InChI is InChI=1S/C21H21NO7/c1-21(2,3)29-20(25)22-15-7-4-13(5-8-15)19(24)26-11-16(23)14-6-9-17-18(10-14)28-12-27-17/h4-10H,11-12H2,1-3H3,(H,22,25). The van der Waals surface area contributed by atoms with Gasteiger partial charge in [-0.05, 0) is 63.2 Å². The fraction of sp³-hybridized carbons (Fsp3) is 0.286. The number of rotatable bonds is 5. The van der Waals surface area contributed by atoms with Gasteiger partial charge in [-0.2, -0.15) is 0 Å². The molecule has 8 nitrogen and oxygen atoms in total. The SMILES string of the molecule is CC(C)(C)OC(=O)Nc1ccc(C(=O)OCC(=O)c2ccc3c(c2)OCO3)cc1. The highest BCUT2D eigenvalue weighted by Crippen LogP contribution is 2.32. The summed E-state index contributed by atoms with van der Waals surface area (Å²) in [6.07, 6.45) is -0.595. The molecule has 0 saturated heterocycles. The van der Waals surface area contributed by atoms with Gasteiger partial charge in [0.1, 0.15) is 5.60 Å². The molecule has 0 bridgehead atoms. The number of esters is 1. The van der Waals surface area contributed by atoms with E-state index in [2.05, 4.69) is 5.32 Å². The first-order chi connectivity index (χ1) is 13.7. The van der Waals surface area contributed by atoms with E-state index >= 15 is 0 Å². The van der Waals surface area contributed by atoms with Crippen molar-refractivity contribution < 1.29 is 33.3 Å². The van der Waals surface area contributed by atoms with Gasteiger partial charge in [-0.25, -0.2) is 9.59 Å². The summed E-state index contributed by atoms with van der Waals surface area (Å²) in [6, 6.07) is 10.8. The summed E-state index contributed by atoms with van der Waals surface area (Å²) in [7, 11) is 0. The Kier molecular flexibility index (Phi) is 5.72. The molecule has 2 aromatic rings. The Balaban J connectivity index is 1.53. The summed E-state index contributed by atoms with van der Waals surface area (Å²) in [4.78, 5) is 36.1. The molecule has 0 aliphatic carbocycles. The molecule has 3 rings (SSSR count). The smallest absolute Gasteiger partial charge is 0.412 e. The van der Waals surface area contributed by atoms with Gasteiger partial charge >= 0.3 is 12.1 Å². The van der Waals surface area contributed by atoms with Crippen molar-refractivity contribution in [3.63, 3.8) is 0 Å². The average molecular weight is 399 g/mol. The molecule has 0 unspecified atom stereocenters. The van der Waals surface area contributed by atoms with Crippen molar-refractivity contribution in [1.29, 1.82) is 0 Å². The van der Waals surface area contributed by atoms with Crippen molar-refractivity contribution in [2.75, 3.05) is 18.7 Å². The summed E-state index contributed by atoms with van der Waals surface area (Å²) >= 11 is 0. The lowest BCUT2D eigenvalue weighted by atomic mass is 10.1. The number of benzene rings is 2. The van der Waals surface area contributed by atoms with E-state index in [4.69, 9.17) is 18.9 Å². The minimum atomic E-state index is -0.650. The highest BCUT2D eigenvalue weighted by atomic mass is 16.7. The Morgan fingerprint density at radius 1 is 0.966 bits per heavy atom. The van der Waals surface area contributed by atoms with Gasteiger partial charge in [0.15, 0.2) is 23.9 Å². The van der Waals surface area contributed by atoms with E-state index in [0.717, 1.165) is 0 Å². The molecule has 0 fully saturated rings. The lowest BCUT2D eigenvalue weighted by molar-refractivity contribution is 0.0474. The van der Waals surface area contributed by atoms with Gasteiger partial charge in [0, 0.05) is 11.3 Å². The maximum Gasteiger partial charge on any atom is 0.412 e. The minimum Gasteiger partial charge on any atom is -0.454 e. The zero-order valence-electron chi connectivity index (χ0n) is 16.3. The Hall–Kier alpha value is -3.55. The van der Waals surface area contributed by atoms with E-state index in [-0.39, 0.29) is 18.1 Å².